The fraction of sp³-hybridized carbons (Fsp3) is 0.462. The predicted molar refractivity (Wildman–Crippen MR) is 69.0 cm³/mol. The van der Waals surface area contributed by atoms with Crippen LogP contribution in [0.1, 0.15) is 28.4 Å². The molecular formula is C13H19NO5. The van der Waals surface area contributed by atoms with Gasteiger partial charge in [0, 0.05) is 5.56 Å². The number of phenols is 1. The molecule has 0 saturated heterocycles. The number of carbonyl (C=O) groups excluding carboxylic acids is 1. The van der Waals surface area contributed by atoms with Crippen LogP contribution in [0.2, 0.25) is 0 Å². The number of hydrogen-bond acceptors (Lipinski definition) is 6. The average Bonchev–Trinajstić information content (AvgIpc) is 2.43. The number of benzene rings is 1. The van der Waals surface area contributed by atoms with E-state index in [1.807, 2.05) is 0 Å². The lowest BCUT2D eigenvalue weighted by molar-refractivity contribution is 0.0126. The Morgan fingerprint density at radius 3 is 2.68 bits per heavy atom. The molecule has 1 aromatic carbocycles. The molecule has 0 saturated carbocycles. The Hall–Kier alpha value is -1.63. The number of methoxy groups -OCH3 is 1. The number of aromatic hydroxyl groups is 1. The molecular weight excluding hydrogens is 250 g/mol. The maximum Gasteiger partial charge on any atom is 0.337 e. The molecule has 4 N–H and O–H groups in total. The molecule has 2 atom stereocenters. The second-order valence-electron chi connectivity index (χ2n) is 4.17. The first-order valence-corrected chi connectivity index (χ1v) is 5.93. The third-order valence-electron chi connectivity index (χ3n) is 2.82. The van der Waals surface area contributed by atoms with Crippen molar-refractivity contribution in [1.29, 1.82) is 0 Å². The van der Waals surface area contributed by atoms with Gasteiger partial charge in [0.05, 0.1) is 18.8 Å². The van der Waals surface area contributed by atoms with Crippen LogP contribution in [0.5, 0.6) is 5.75 Å². The molecule has 0 aliphatic rings. The quantitative estimate of drug-likeness (QED) is 0.550. The van der Waals surface area contributed by atoms with E-state index < -0.39 is 18.2 Å². The summed E-state index contributed by atoms with van der Waals surface area (Å²) in [6.07, 6.45) is -1.98. The summed E-state index contributed by atoms with van der Waals surface area (Å²) in [6.45, 7) is 0.523. The minimum absolute atomic E-state index is 0.103. The highest BCUT2D eigenvalue weighted by Gasteiger charge is 2.22. The first-order valence-electron chi connectivity index (χ1n) is 5.93. The first kappa shape index (κ1) is 15.4. The predicted octanol–water partition coefficient (Wildman–Crippen LogP) is 0.183. The number of esters is 1. The van der Waals surface area contributed by atoms with Crippen molar-refractivity contribution in [2.75, 3.05) is 20.7 Å². The number of aliphatic hydroxyl groups is 2. The minimum Gasteiger partial charge on any atom is -0.508 e. The van der Waals surface area contributed by atoms with Crippen LogP contribution in [0, 0.1) is 0 Å². The van der Waals surface area contributed by atoms with Crippen LogP contribution in [0.3, 0.4) is 0 Å². The lowest BCUT2D eigenvalue weighted by Crippen LogP contribution is -2.23. The largest absolute Gasteiger partial charge is 0.508 e. The number of rotatable bonds is 6. The van der Waals surface area contributed by atoms with Gasteiger partial charge >= 0.3 is 5.97 Å². The molecule has 19 heavy (non-hydrogen) atoms. The summed E-state index contributed by atoms with van der Waals surface area (Å²) in [5.74, 6) is -0.748. The molecule has 0 heterocycles. The Bertz CT molecular complexity index is 435. The topological polar surface area (TPSA) is 99.0 Å². The van der Waals surface area contributed by atoms with E-state index in [1.165, 1.54) is 25.3 Å². The van der Waals surface area contributed by atoms with Crippen LogP contribution in [-0.2, 0) is 4.74 Å². The number of carbonyl (C=O) groups is 1. The van der Waals surface area contributed by atoms with Gasteiger partial charge in [-0.2, -0.15) is 0 Å². The summed E-state index contributed by atoms with van der Waals surface area (Å²) in [7, 11) is 2.97. The fourth-order valence-electron chi connectivity index (χ4n) is 1.69. The maximum atomic E-state index is 11.4. The molecule has 0 bridgehead atoms. The van der Waals surface area contributed by atoms with E-state index in [-0.39, 0.29) is 16.9 Å². The van der Waals surface area contributed by atoms with Gasteiger partial charge < -0.3 is 25.4 Å². The van der Waals surface area contributed by atoms with Crippen LogP contribution in [-0.4, -0.2) is 48.1 Å². The molecule has 0 radical (unpaired) electrons. The van der Waals surface area contributed by atoms with Gasteiger partial charge in [-0.25, -0.2) is 4.79 Å². The van der Waals surface area contributed by atoms with Gasteiger partial charge in [-0.15, -0.1) is 0 Å². The first-order chi connectivity index (χ1) is 9.01. The Morgan fingerprint density at radius 2 is 2.11 bits per heavy atom. The number of phenolic OH excluding ortho intramolecular Hbond substituents is 1. The van der Waals surface area contributed by atoms with E-state index in [9.17, 15) is 20.1 Å². The zero-order valence-electron chi connectivity index (χ0n) is 11.0. The summed E-state index contributed by atoms with van der Waals surface area (Å²) in [5.41, 5.74) is 0.307. The van der Waals surface area contributed by atoms with Crippen molar-refractivity contribution in [1.82, 2.24) is 5.32 Å². The molecule has 0 aromatic heterocycles. The van der Waals surface area contributed by atoms with Gasteiger partial charge in [0.2, 0.25) is 0 Å². The highest BCUT2D eigenvalue weighted by atomic mass is 16.5. The molecule has 1 rings (SSSR count). The van der Waals surface area contributed by atoms with Crippen molar-refractivity contribution in [3.63, 3.8) is 0 Å². The molecule has 0 aliphatic heterocycles. The van der Waals surface area contributed by atoms with Crippen molar-refractivity contribution in [3.8, 4) is 5.75 Å². The van der Waals surface area contributed by atoms with Gasteiger partial charge in [0.15, 0.2) is 0 Å². The molecule has 1 aromatic rings. The van der Waals surface area contributed by atoms with E-state index >= 15 is 0 Å². The molecule has 6 heteroatoms. The third kappa shape index (κ3) is 3.92. The Balaban J connectivity index is 2.94. The van der Waals surface area contributed by atoms with Gasteiger partial charge in [0.1, 0.15) is 11.9 Å². The molecule has 6 nitrogen and oxygen atoms in total. The zero-order chi connectivity index (χ0) is 14.4. The normalized spacial score (nSPS) is 13.9. The molecule has 106 valence electrons. The van der Waals surface area contributed by atoms with E-state index in [0.717, 1.165) is 0 Å². The molecule has 2 unspecified atom stereocenters. The van der Waals surface area contributed by atoms with Crippen molar-refractivity contribution < 1.29 is 24.9 Å². The van der Waals surface area contributed by atoms with Gasteiger partial charge in [0.25, 0.3) is 0 Å². The summed E-state index contributed by atoms with van der Waals surface area (Å²) in [6, 6.07) is 3.99. The SMILES string of the molecule is CNCCC(O)C(O)c1cc(C(=O)OC)ccc1O. The third-order valence-corrected chi connectivity index (χ3v) is 2.82. The van der Waals surface area contributed by atoms with Crippen LogP contribution >= 0.6 is 0 Å². The van der Waals surface area contributed by atoms with Crippen LogP contribution in [0.4, 0.5) is 0 Å². The number of hydrogen-bond donors (Lipinski definition) is 4. The second kappa shape index (κ2) is 7.08. The monoisotopic (exact) mass is 269 g/mol. The standard InChI is InChI=1S/C13H19NO5/c1-14-6-5-11(16)12(17)9-7-8(13(18)19-2)3-4-10(9)15/h3-4,7,11-12,14-17H,5-6H2,1-2H3. The lowest BCUT2D eigenvalue weighted by Gasteiger charge is -2.19. The van der Waals surface area contributed by atoms with E-state index in [2.05, 4.69) is 10.1 Å². The zero-order valence-corrected chi connectivity index (χ0v) is 11.0. The highest BCUT2D eigenvalue weighted by molar-refractivity contribution is 5.89. The Kier molecular flexibility index (Phi) is 5.75. The second-order valence-corrected chi connectivity index (χ2v) is 4.17. The van der Waals surface area contributed by atoms with Crippen molar-refractivity contribution in [2.24, 2.45) is 0 Å². The highest BCUT2D eigenvalue weighted by Crippen LogP contribution is 2.28. The van der Waals surface area contributed by atoms with E-state index in [0.29, 0.717) is 13.0 Å². The molecule has 0 amide bonds. The minimum atomic E-state index is -1.27. The average molecular weight is 269 g/mol. The number of nitrogens with one attached hydrogen (secondary N) is 1. The summed E-state index contributed by atoms with van der Waals surface area (Å²) < 4.78 is 4.56. The molecule has 0 aliphatic carbocycles. The fourth-order valence-corrected chi connectivity index (χ4v) is 1.69. The number of ether oxygens (including phenoxy) is 1. The Morgan fingerprint density at radius 1 is 1.42 bits per heavy atom. The number of aliphatic hydroxyl groups excluding tert-OH is 2. The summed E-state index contributed by atoms with van der Waals surface area (Å²) >= 11 is 0. The Labute approximate surface area is 111 Å². The van der Waals surface area contributed by atoms with Gasteiger partial charge in [-0.1, -0.05) is 0 Å². The van der Waals surface area contributed by atoms with Crippen molar-refractivity contribution in [2.45, 2.75) is 18.6 Å². The van der Waals surface area contributed by atoms with Crippen LogP contribution in [0.15, 0.2) is 18.2 Å². The van der Waals surface area contributed by atoms with Crippen LogP contribution in [0.25, 0.3) is 0 Å². The van der Waals surface area contributed by atoms with E-state index in [4.69, 9.17) is 0 Å². The van der Waals surface area contributed by atoms with Crippen molar-refractivity contribution in [3.05, 3.63) is 29.3 Å². The molecule has 0 spiro atoms. The van der Waals surface area contributed by atoms with E-state index in [1.54, 1.807) is 7.05 Å². The smallest absolute Gasteiger partial charge is 0.337 e. The van der Waals surface area contributed by atoms with Crippen LogP contribution < -0.4 is 5.32 Å². The summed E-state index contributed by atoms with van der Waals surface area (Å²) in [5, 5.41) is 32.3. The maximum absolute atomic E-state index is 11.4. The lowest BCUT2D eigenvalue weighted by atomic mass is 9.99. The summed E-state index contributed by atoms with van der Waals surface area (Å²) in [4.78, 5) is 11.4. The van der Waals surface area contributed by atoms with Gasteiger partial charge in [-0.3, -0.25) is 0 Å². The van der Waals surface area contributed by atoms with Crippen molar-refractivity contribution >= 4 is 5.97 Å². The van der Waals surface area contributed by atoms with Gasteiger partial charge in [-0.05, 0) is 38.2 Å². The molecule has 0 fully saturated rings.